The third-order valence-electron chi connectivity index (χ3n) is 6.49. The summed E-state index contributed by atoms with van der Waals surface area (Å²) in [7, 11) is 0. The van der Waals surface area contributed by atoms with Crippen molar-refractivity contribution >= 4 is 17.6 Å². The van der Waals surface area contributed by atoms with E-state index in [1.165, 1.54) is 12.8 Å². The zero-order valence-electron chi connectivity index (χ0n) is 18.3. The van der Waals surface area contributed by atoms with Crippen molar-refractivity contribution in [3.8, 4) is 5.75 Å². The lowest BCUT2D eigenvalue weighted by Crippen LogP contribution is -2.39. The Hall–Kier alpha value is -2.83. The van der Waals surface area contributed by atoms with E-state index in [9.17, 15) is 9.59 Å². The van der Waals surface area contributed by atoms with Crippen LogP contribution < -0.4 is 10.1 Å². The van der Waals surface area contributed by atoms with Crippen LogP contribution in [0.25, 0.3) is 0 Å². The van der Waals surface area contributed by atoms with Crippen molar-refractivity contribution in [2.24, 2.45) is 5.41 Å². The molecule has 1 saturated heterocycles. The number of rotatable bonds is 9. The molecular weight excluding hydrogens is 392 g/mol. The average molecular weight is 425 g/mol. The zero-order chi connectivity index (χ0) is 21.7. The summed E-state index contributed by atoms with van der Waals surface area (Å²) in [6, 6.07) is 11.5. The Morgan fingerprint density at radius 1 is 1.13 bits per heavy atom. The summed E-state index contributed by atoms with van der Waals surface area (Å²) in [6.07, 6.45) is 7.87. The molecule has 2 aromatic rings. The molecule has 1 aromatic carbocycles. The SMILES string of the molecule is CC1(CCC(=O)N2CCC(n3nccc3NC(=O)CCOc3ccccc3)CC2)CC1. The first-order valence-electron chi connectivity index (χ1n) is 11.3. The van der Waals surface area contributed by atoms with Crippen LogP contribution in [0.5, 0.6) is 5.75 Å². The number of carbonyl (C=O) groups excluding carboxylic acids is 2. The topological polar surface area (TPSA) is 76.5 Å². The van der Waals surface area contributed by atoms with E-state index in [-0.39, 0.29) is 24.3 Å². The maximum Gasteiger partial charge on any atom is 0.228 e. The van der Waals surface area contributed by atoms with Crippen molar-refractivity contribution in [3.63, 3.8) is 0 Å². The normalized spacial score (nSPS) is 17.9. The summed E-state index contributed by atoms with van der Waals surface area (Å²) in [5.74, 6) is 1.64. The van der Waals surface area contributed by atoms with E-state index in [4.69, 9.17) is 4.74 Å². The zero-order valence-corrected chi connectivity index (χ0v) is 18.3. The number of hydrogen-bond donors (Lipinski definition) is 1. The van der Waals surface area contributed by atoms with Gasteiger partial charge in [0.25, 0.3) is 0 Å². The van der Waals surface area contributed by atoms with Gasteiger partial charge in [0.15, 0.2) is 0 Å². The van der Waals surface area contributed by atoms with Gasteiger partial charge in [0.05, 0.1) is 25.3 Å². The number of anilines is 1. The lowest BCUT2D eigenvalue weighted by Gasteiger charge is -2.33. The highest BCUT2D eigenvalue weighted by atomic mass is 16.5. The molecule has 1 aliphatic heterocycles. The smallest absolute Gasteiger partial charge is 0.228 e. The number of amides is 2. The van der Waals surface area contributed by atoms with E-state index in [1.54, 1.807) is 6.20 Å². The van der Waals surface area contributed by atoms with Gasteiger partial charge in [0.2, 0.25) is 11.8 Å². The highest BCUT2D eigenvalue weighted by molar-refractivity contribution is 5.89. The number of hydrogen-bond acceptors (Lipinski definition) is 4. The van der Waals surface area contributed by atoms with Crippen molar-refractivity contribution in [2.75, 3.05) is 25.0 Å². The molecule has 0 radical (unpaired) electrons. The van der Waals surface area contributed by atoms with E-state index < -0.39 is 0 Å². The lowest BCUT2D eigenvalue weighted by molar-refractivity contribution is -0.132. The minimum Gasteiger partial charge on any atom is -0.493 e. The van der Waals surface area contributed by atoms with Crippen molar-refractivity contribution in [1.29, 1.82) is 0 Å². The van der Waals surface area contributed by atoms with Crippen molar-refractivity contribution in [1.82, 2.24) is 14.7 Å². The Bertz CT molecular complexity index is 883. The quantitative estimate of drug-likeness (QED) is 0.659. The molecule has 0 spiro atoms. The number of likely N-dealkylation sites (tertiary alicyclic amines) is 1. The van der Waals surface area contributed by atoms with Crippen LogP contribution in [0, 0.1) is 5.41 Å². The molecule has 2 fully saturated rings. The maximum absolute atomic E-state index is 12.5. The number of piperidine rings is 1. The molecule has 2 amide bonds. The predicted octanol–water partition coefficient (Wildman–Crippen LogP) is 4.03. The molecule has 0 atom stereocenters. The third kappa shape index (κ3) is 5.87. The molecule has 1 saturated carbocycles. The van der Waals surface area contributed by atoms with Gasteiger partial charge in [-0.15, -0.1) is 0 Å². The molecule has 1 N–H and O–H groups in total. The van der Waals surface area contributed by atoms with E-state index >= 15 is 0 Å². The van der Waals surface area contributed by atoms with E-state index in [0.717, 1.165) is 38.1 Å². The van der Waals surface area contributed by atoms with Crippen LogP contribution in [0.3, 0.4) is 0 Å². The second-order valence-corrected chi connectivity index (χ2v) is 9.04. The summed E-state index contributed by atoms with van der Waals surface area (Å²) in [5, 5.41) is 7.39. The fourth-order valence-corrected chi connectivity index (χ4v) is 4.08. The van der Waals surface area contributed by atoms with Crippen molar-refractivity contribution in [2.45, 2.75) is 57.9 Å². The molecule has 166 valence electrons. The van der Waals surface area contributed by atoms with Gasteiger partial charge in [-0.25, -0.2) is 4.68 Å². The lowest BCUT2D eigenvalue weighted by atomic mass is 10.0. The molecule has 0 unspecified atom stereocenters. The van der Waals surface area contributed by atoms with Gasteiger partial charge in [-0.05, 0) is 49.7 Å². The summed E-state index contributed by atoms with van der Waals surface area (Å²) >= 11 is 0. The summed E-state index contributed by atoms with van der Waals surface area (Å²) in [4.78, 5) is 26.9. The van der Waals surface area contributed by atoms with Crippen LogP contribution in [-0.4, -0.2) is 46.2 Å². The molecule has 1 aromatic heterocycles. The molecule has 2 heterocycles. The minimum absolute atomic E-state index is 0.0983. The number of aromatic nitrogens is 2. The predicted molar refractivity (Wildman–Crippen MR) is 119 cm³/mol. The van der Waals surface area contributed by atoms with E-state index in [2.05, 4.69) is 17.3 Å². The van der Waals surface area contributed by atoms with Gasteiger partial charge in [-0.1, -0.05) is 25.1 Å². The highest BCUT2D eigenvalue weighted by Crippen LogP contribution is 2.49. The van der Waals surface area contributed by atoms with Gasteiger partial charge in [-0.3, -0.25) is 9.59 Å². The van der Waals surface area contributed by atoms with Crippen LogP contribution >= 0.6 is 0 Å². The van der Waals surface area contributed by atoms with Gasteiger partial charge in [0, 0.05) is 25.6 Å². The third-order valence-corrected chi connectivity index (χ3v) is 6.49. The number of carbonyl (C=O) groups is 2. The van der Waals surface area contributed by atoms with Crippen molar-refractivity contribution in [3.05, 3.63) is 42.6 Å². The average Bonchev–Trinajstić information content (AvgIpc) is 3.35. The number of para-hydroxylation sites is 1. The van der Waals surface area contributed by atoms with Crippen LogP contribution in [0.4, 0.5) is 5.82 Å². The first-order valence-corrected chi connectivity index (χ1v) is 11.3. The van der Waals surface area contributed by atoms with Crippen molar-refractivity contribution < 1.29 is 14.3 Å². The van der Waals surface area contributed by atoms with E-state index in [1.807, 2.05) is 46.0 Å². The number of nitrogens with zero attached hydrogens (tertiary/aromatic N) is 3. The van der Waals surface area contributed by atoms with Crippen LogP contribution in [0.15, 0.2) is 42.6 Å². The Balaban J connectivity index is 1.22. The second-order valence-electron chi connectivity index (χ2n) is 9.04. The molecule has 0 bridgehead atoms. The first kappa shape index (κ1) is 21.4. The van der Waals surface area contributed by atoms with Gasteiger partial charge in [-0.2, -0.15) is 5.10 Å². The fraction of sp³-hybridized carbons (Fsp3) is 0.542. The molecule has 31 heavy (non-hydrogen) atoms. The van der Waals surface area contributed by atoms with Gasteiger partial charge < -0.3 is 15.0 Å². The standard InChI is InChI=1S/C24H32N4O3/c1-24(13-14-24)12-7-23(30)27-16-9-19(10-17-27)28-21(8-15-25-28)26-22(29)11-18-31-20-5-3-2-4-6-20/h2-6,8,15,19H,7,9-14,16-18H2,1H3,(H,26,29). The number of nitrogens with one attached hydrogen (secondary N) is 1. The maximum atomic E-state index is 12.5. The van der Waals surface area contributed by atoms with Gasteiger partial charge in [0.1, 0.15) is 11.6 Å². The van der Waals surface area contributed by atoms with Gasteiger partial charge >= 0.3 is 0 Å². The molecule has 2 aliphatic rings. The molecule has 4 rings (SSSR count). The van der Waals surface area contributed by atoms with Crippen LogP contribution in [0.2, 0.25) is 0 Å². The number of ether oxygens (including phenoxy) is 1. The summed E-state index contributed by atoms with van der Waals surface area (Å²) in [6.45, 7) is 4.09. The minimum atomic E-state index is -0.0983. The molecule has 7 nitrogen and oxygen atoms in total. The Kier molecular flexibility index (Phi) is 6.59. The Labute approximate surface area is 183 Å². The number of benzene rings is 1. The van der Waals surface area contributed by atoms with Crippen LogP contribution in [-0.2, 0) is 9.59 Å². The first-order chi connectivity index (χ1) is 15.0. The largest absolute Gasteiger partial charge is 0.493 e. The monoisotopic (exact) mass is 424 g/mol. The summed E-state index contributed by atoms with van der Waals surface area (Å²) < 4.78 is 7.49. The molecule has 7 heteroatoms. The van der Waals surface area contributed by atoms with Crippen LogP contribution in [0.1, 0.15) is 57.9 Å². The molecule has 1 aliphatic carbocycles. The summed E-state index contributed by atoms with van der Waals surface area (Å²) in [5.41, 5.74) is 0.419. The fourth-order valence-electron chi connectivity index (χ4n) is 4.08. The highest BCUT2D eigenvalue weighted by Gasteiger charge is 2.37. The Morgan fingerprint density at radius 3 is 2.58 bits per heavy atom. The molecular formula is C24H32N4O3. The second kappa shape index (κ2) is 9.54. The Morgan fingerprint density at radius 2 is 1.87 bits per heavy atom. The van der Waals surface area contributed by atoms with E-state index in [0.29, 0.717) is 24.3 Å².